The molecule has 1 aromatic carbocycles. The minimum atomic E-state index is -0.134. The van der Waals surface area contributed by atoms with Gasteiger partial charge in [-0.25, -0.2) is 0 Å². The summed E-state index contributed by atoms with van der Waals surface area (Å²) in [5, 5.41) is 21.1. The number of carbonyl (C=O) groups excluding carboxylic acids is 1. The fourth-order valence-corrected chi connectivity index (χ4v) is 4.41. The number of hydrogen-bond acceptors (Lipinski definition) is 8. The Morgan fingerprint density at radius 2 is 1.83 bits per heavy atom. The van der Waals surface area contributed by atoms with E-state index in [0.717, 1.165) is 29.4 Å². The molecule has 1 aliphatic rings. The molecule has 1 N–H and O–H groups in total. The summed E-state index contributed by atoms with van der Waals surface area (Å²) in [5.41, 5.74) is 3.14. The molecule has 0 saturated carbocycles. The highest BCUT2D eigenvalue weighted by Gasteiger charge is 2.12. The van der Waals surface area contributed by atoms with Crippen LogP contribution in [0.5, 0.6) is 0 Å². The zero-order valence-electron chi connectivity index (χ0n) is 16.2. The first-order valence-corrected chi connectivity index (χ1v) is 11.4. The Morgan fingerprint density at radius 3 is 2.48 bits per heavy atom. The van der Waals surface area contributed by atoms with E-state index >= 15 is 0 Å². The van der Waals surface area contributed by atoms with Gasteiger partial charge < -0.3 is 4.90 Å². The molecule has 4 rings (SSSR count). The first kappa shape index (κ1) is 19.8. The average Bonchev–Trinajstić information content (AvgIpc) is 3.18. The van der Waals surface area contributed by atoms with E-state index in [1.54, 1.807) is 0 Å². The van der Waals surface area contributed by atoms with Gasteiger partial charge in [0.2, 0.25) is 11.0 Å². The van der Waals surface area contributed by atoms with Crippen LogP contribution in [-0.4, -0.2) is 45.1 Å². The highest BCUT2D eigenvalue weighted by Crippen LogP contribution is 2.25. The summed E-state index contributed by atoms with van der Waals surface area (Å²) in [5.74, 6) is 0.113. The molecular weight excluding hydrogens is 404 g/mol. The smallest absolute Gasteiger partial charge is 0.236 e. The zero-order chi connectivity index (χ0) is 20.1. The lowest BCUT2D eigenvalue weighted by Crippen LogP contribution is -2.29. The van der Waals surface area contributed by atoms with Crippen LogP contribution in [0.2, 0.25) is 0 Å². The number of thioether (sulfide) groups is 1. The number of aromatic nitrogens is 4. The summed E-state index contributed by atoms with van der Waals surface area (Å²) in [7, 11) is 0. The van der Waals surface area contributed by atoms with Crippen molar-refractivity contribution in [3.8, 4) is 11.3 Å². The summed E-state index contributed by atoms with van der Waals surface area (Å²) >= 11 is 2.70. The number of anilines is 2. The fraction of sp³-hybridized carbons (Fsp3) is 0.350. The monoisotopic (exact) mass is 426 g/mol. The van der Waals surface area contributed by atoms with Crippen LogP contribution in [0.4, 0.5) is 10.8 Å². The van der Waals surface area contributed by atoms with Gasteiger partial charge in [-0.2, -0.15) is 0 Å². The summed E-state index contributed by atoms with van der Waals surface area (Å²) in [6.07, 6.45) is 3.87. The Bertz CT molecular complexity index is 952. The van der Waals surface area contributed by atoms with E-state index in [9.17, 15) is 4.79 Å². The summed E-state index contributed by atoms with van der Waals surface area (Å²) in [6, 6.07) is 12.3. The second kappa shape index (κ2) is 9.32. The van der Waals surface area contributed by atoms with Crippen LogP contribution in [0.1, 0.15) is 24.3 Å². The number of carbonyl (C=O) groups is 1. The zero-order valence-corrected chi connectivity index (χ0v) is 17.8. The van der Waals surface area contributed by atoms with Gasteiger partial charge in [-0.05, 0) is 50.5 Å². The van der Waals surface area contributed by atoms with Crippen molar-refractivity contribution in [1.29, 1.82) is 0 Å². The highest BCUT2D eigenvalue weighted by atomic mass is 32.2. The number of piperidine rings is 1. The number of hydrogen-bond donors (Lipinski definition) is 1. The third kappa shape index (κ3) is 5.30. The number of amides is 1. The average molecular weight is 427 g/mol. The number of nitrogens with zero attached hydrogens (tertiary/aromatic N) is 5. The van der Waals surface area contributed by atoms with Crippen LogP contribution in [0.3, 0.4) is 0 Å². The molecule has 1 amide bonds. The molecule has 9 heteroatoms. The first-order chi connectivity index (χ1) is 14.2. The first-order valence-electron chi connectivity index (χ1n) is 9.59. The van der Waals surface area contributed by atoms with Gasteiger partial charge in [0, 0.05) is 24.3 Å². The minimum Gasteiger partial charge on any atom is -0.372 e. The van der Waals surface area contributed by atoms with E-state index in [1.807, 2.05) is 19.1 Å². The van der Waals surface area contributed by atoms with Crippen molar-refractivity contribution in [2.45, 2.75) is 31.2 Å². The van der Waals surface area contributed by atoms with Crippen LogP contribution < -0.4 is 10.2 Å². The van der Waals surface area contributed by atoms with Crippen LogP contribution in [0.15, 0.2) is 41.4 Å². The Hall–Kier alpha value is -2.52. The summed E-state index contributed by atoms with van der Waals surface area (Å²) < 4.78 is 0. The maximum absolute atomic E-state index is 12.0. The van der Waals surface area contributed by atoms with Crippen LogP contribution in [-0.2, 0) is 4.79 Å². The van der Waals surface area contributed by atoms with Gasteiger partial charge in [0.25, 0.3) is 0 Å². The molecule has 3 aromatic rings. The molecule has 0 aliphatic carbocycles. The fourth-order valence-electron chi connectivity index (χ4n) is 3.19. The van der Waals surface area contributed by atoms with Crippen LogP contribution in [0, 0.1) is 6.92 Å². The van der Waals surface area contributed by atoms with Gasteiger partial charge in [0.1, 0.15) is 10.0 Å². The van der Waals surface area contributed by atoms with E-state index < -0.39 is 0 Å². The minimum absolute atomic E-state index is 0.134. The van der Waals surface area contributed by atoms with Crippen molar-refractivity contribution >= 4 is 39.8 Å². The Morgan fingerprint density at radius 1 is 1.03 bits per heavy atom. The molecule has 0 unspecified atom stereocenters. The predicted octanol–water partition coefficient (Wildman–Crippen LogP) is 4.02. The highest BCUT2D eigenvalue weighted by molar-refractivity contribution is 7.99. The van der Waals surface area contributed by atoms with Gasteiger partial charge in [0.15, 0.2) is 0 Å². The molecule has 0 spiro atoms. The molecule has 3 heterocycles. The van der Waals surface area contributed by atoms with Crippen molar-refractivity contribution < 1.29 is 4.79 Å². The molecule has 0 atom stereocenters. The lowest BCUT2D eigenvalue weighted by Gasteiger charge is -2.28. The van der Waals surface area contributed by atoms with Crippen molar-refractivity contribution in [3.63, 3.8) is 0 Å². The van der Waals surface area contributed by atoms with Crippen molar-refractivity contribution in [3.05, 3.63) is 41.4 Å². The van der Waals surface area contributed by atoms with E-state index in [0.29, 0.717) is 10.2 Å². The number of nitrogens with one attached hydrogen (secondary N) is 1. The molecule has 0 radical (unpaired) electrons. The third-order valence-electron chi connectivity index (χ3n) is 4.65. The number of rotatable bonds is 6. The molecular formula is C20H22N6OS2. The molecule has 150 valence electrons. The Labute approximate surface area is 178 Å². The molecule has 2 aromatic heterocycles. The summed E-state index contributed by atoms with van der Waals surface area (Å²) in [6.45, 7) is 4.12. The molecule has 1 fully saturated rings. The predicted molar refractivity (Wildman–Crippen MR) is 118 cm³/mol. The van der Waals surface area contributed by atoms with Gasteiger partial charge in [-0.15, -0.1) is 20.4 Å². The van der Waals surface area contributed by atoms with Gasteiger partial charge in [-0.3, -0.25) is 10.1 Å². The Kier molecular flexibility index (Phi) is 6.36. The third-order valence-corrected chi connectivity index (χ3v) is 6.32. The van der Waals surface area contributed by atoms with Crippen LogP contribution in [0.25, 0.3) is 11.3 Å². The van der Waals surface area contributed by atoms with E-state index in [-0.39, 0.29) is 11.7 Å². The van der Waals surface area contributed by atoms with Crippen molar-refractivity contribution in [1.82, 2.24) is 20.4 Å². The van der Waals surface area contributed by atoms with Crippen molar-refractivity contribution in [2.75, 3.05) is 29.1 Å². The second-order valence-corrected chi connectivity index (χ2v) is 8.99. The van der Waals surface area contributed by atoms with E-state index in [4.69, 9.17) is 0 Å². The van der Waals surface area contributed by atoms with Gasteiger partial charge in [0.05, 0.1) is 11.4 Å². The van der Waals surface area contributed by atoms with Gasteiger partial charge in [-0.1, -0.05) is 35.2 Å². The maximum atomic E-state index is 12.0. The SMILES string of the molecule is Cc1nnc(NC(=O)CSc2ccc(-c3ccc(N4CCCCC4)cc3)nn2)s1. The van der Waals surface area contributed by atoms with Crippen LogP contribution >= 0.6 is 23.1 Å². The second-order valence-electron chi connectivity index (χ2n) is 6.81. The number of aryl methyl sites for hydroxylation is 1. The molecule has 29 heavy (non-hydrogen) atoms. The standard InChI is InChI=1S/C20H22N6OS2/c1-14-22-25-20(29-14)21-18(27)13-28-19-10-9-17(23-24-19)15-5-7-16(8-6-15)26-11-3-2-4-12-26/h5-10H,2-4,11-13H2,1H3,(H,21,25,27). The molecule has 1 aliphatic heterocycles. The van der Waals surface area contributed by atoms with Crippen molar-refractivity contribution in [2.24, 2.45) is 0 Å². The molecule has 7 nitrogen and oxygen atoms in total. The maximum Gasteiger partial charge on any atom is 0.236 e. The normalized spacial score (nSPS) is 14.0. The molecule has 0 bridgehead atoms. The lowest BCUT2D eigenvalue weighted by molar-refractivity contribution is -0.113. The molecule has 1 saturated heterocycles. The Balaban J connectivity index is 1.32. The number of benzene rings is 1. The quantitative estimate of drug-likeness (QED) is 0.596. The largest absolute Gasteiger partial charge is 0.372 e. The summed E-state index contributed by atoms with van der Waals surface area (Å²) in [4.78, 5) is 14.4. The topological polar surface area (TPSA) is 83.9 Å². The van der Waals surface area contributed by atoms with E-state index in [1.165, 1.54) is 48.0 Å². The lowest BCUT2D eigenvalue weighted by atomic mass is 10.1. The van der Waals surface area contributed by atoms with E-state index in [2.05, 4.69) is 54.9 Å². The van der Waals surface area contributed by atoms with Gasteiger partial charge >= 0.3 is 0 Å².